The SMILES string of the molecule is CCN(CC)Cc1nc(C(C)C)c(C(=N)N)s1. The number of thiazole rings is 1. The van der Waals surface area contributed by atoms with Crippen LogP contribution in [0.2, 0.25) is 0 Å². The van der Waals surface area contributed by atoms with Crippen molar-refractivity contribution in [3.63, 3.8) is 0 Å². The second-order valence-corrected chi connectivity index (χ2v) is 5.44. The third-order valence-electron chi connectivity index (χ3n) is 2.74. The van der Waals surface area contributed by atoms with Gasteiger partial charge in [-0.3, -0.25) is 10.3 Å². The summed E-state index contributed by atoms with van der Waals surface area (Å²) in [6.45, 7) is 11.3. The van der Waals surface area contributed by atoms with Crippen LogP contribution in [0.15, 0.2) is 0 Å². The zero-order chi connectivity index (χ0) is 13.0. The zero-order valence-corrected chi connectivity index (χ0v) is 11.9. The van der Waals surface area contributed by atoms with Gasteiger partial charge in [0.05, 0.1) is 17.1 Å². The van der Waals surface area contributed by atoms with Gasteiger partial charge in [0.15, 0.2) is 0 Å². The average Bonchev–Trinajstić information content (AvgIpc) is 2.70. The lowest BCUT2D eigenvalue weighted by Crippen LogP contribution is -2.21. The number of nitrogens with one attached hydrogen (secondary N) is 1. The minimum atomic E-state index is 0.136. The molecule has 1 rings (SSSR count). The number of hydrogen-bond acceptors (Lipinski definition) is 4. The van der Waals surface area contributed by atoms with Crippen LogP contribution in [0.1, 0.15) is 49.2 Å². The van der Waals surface area contributed by atoms with Gasteiger partial charge in [-0.05, 0) is 19.0 Å². The lowest BCUT2D eigenvalue weighted by Gasteiger charge is -2.15. The number of aromatic nitrogens is 1. The van der Waals surface area contributed by atoms with E-state index in [1.54, 1.807) is 11.3 Å². The largest absolute Gasteiger partial charge is 0.383 e. The Kier molecular flexibility index (Phi) is 5.08. The van der Waals surface area contributed by atoms with Gasteiger partial charge in [0.1, 0.15) is 10.8 Å². The van der Waals surface area contributed by atoms with E-state index in [2.05, 4.69) is 37.6 Å². The minimum Gasteiger partial charge on any atom is -0.383 e. The first kappa shape index (κ1) is 14.1. The van der Waals surface area contributed by atoms with Crippen molar-refractivity contribution in [2.75, 3.05) is 13.1 Å². The molecule has 0 aromatic carbocycles. The molecule has 0 aliphatic heterocycles. The molecule has 5 heteroatoms. The summed E-state index contributed by atoms with van der Waals surface area (Å²) in [5.74, 6) is 0.451. The second kappa shape index (κ2) is 6.12. The summed E-state index contributed by atoms with van der Waals surface area (Å²) in [6, 6.07) is 0. The number of nitrogen functional groups attached to an aromatic ring is 1. The van der Waals surface area contributed by atoms with Gasteiger partial charge in [-0.15, -0.1) is 11.3 Å². The summed E-state index contributed by atoms with van der Waals surface area (Å²) in [5.41, 5.74) is 6.56. The van der Waals surface area contributed by atoms with Crippen molar-refractivity contribution < 1.29 is 0 Å². The number of nitrogens with zero attached hydrogens (tertiary/aromatic N) is 2. The monoisotopic (exact) mass is 254 g/mol. The fourth-order valence-electron chi connectivity index (χ4n) is 1.67. The van der Waals surface area contributed by atoms with Gasteiger partial charge in [-0.1, -0.05) is 27.7 Å². The molecular formula is C12H22N4S. The topological polar surface area (TPSA) is 66.0 Å². The smallest absolute Gasteiger partial charge is 0.135 e. The molecule has 0 radical (unpaired) electrons. The highest BCUT2D eigenvalue weighted by molar-refractivity contribution is 7.13. The third kappa shape index (κ3) is 3.51. The minimum absolute atomic E-state index is 0.136. The molecule has 1 aromatic rings. The summed E-state index contributed by atoms with van der Waals surface area (Å²) in [6.07, 6.45) is 0. The average molecular weight is 254 g/mol. The summed E-state index contributed by atoms with van der Waals surface area (Å²) < 4.78 is 0. The van der Waals surface area contributed by atoms with Gasteiger partial charge in [0, 0.05) is 0 Å². The number of hydrogen-bond donors (Lipinski definition) is 2. The van der Waals surface area contributed by atoms with Crippen molar-refractivity contribution in [3.8, 4) is 0 Å². The van der Waals surface area contributed by atoms with E-state index < -0.39 is 0 Å². The summed E-state index contributed by atoms with van der Waals surface area (Å²) >= 11 is 1.55. The lowest BCUT2D eigenvalue weighted by molar-refractivity contribution is 0.295. The first-order chi connectivity index (χ1) is 7.99. The summed E-state index contributed by atoms with van der Waals surface area (Å²) in [4.78, 5) is 7.77. The Balaban J connectivity index is 2.95. The number of nitrogens with two attached hydrogens (primary N) is 1. The van der Waals surface area contributed by atoms with Gasteiger partial charge < -0.3 is 5.73 Å². The first-order valence-corrected chi connectivity index (χ1v) is 6.87. The molecule has 0 fully saturated rings. The molecule has 17 heavy (non-hydrogen) atoms. The molecule has 0 aliphatic rings. The quantitative estimate of drug-likeness (QED) is 0.605. The van der Waals surface area contributed by atoms with E-state index in [-0.39, 0.29) is 5.84 Å². The van der Waals surface area contributed by atoms with Crippen LogP contribution >= 0.6 is 11.3 Å². The number of rotatable bonds is 6. The van der Waals surface area contributed by atoms with Crippen molar-refractivity contribution in [2.24, 2.45) is 5.73 Å². The Labute approximate surface area is 107 Å². The Morgan fingerprint density at radius 1 is 1.41 bits per heavy atom. The molecule has 0 aliphatic carbocycles. The van der Waals surface area contributed by atoms with E-state index in [1.165, 1.54) is 0 Å². The lowest BCUT2D eigenvalue weighted by atomic mass is 10.1. The van der Waals surface area contributed by atoms with E-state index in [4.69, 9.17) is 11.1 Å². The van der Waals surface area contributed by atoms with Gasteiger partial charge in [-0.2, -0.15) is 0 Å². The molecule has 96 valence electrons. The predicted molar refractivity (Wildman–Crippen MR) is 73.8 cm³/mol. The van der Waals surface area contributed by atoms with E-state index in [9.17, 15) is 0 Å². The van der Waals surface area contributed by atoms with Crippen molar-refractivity contribution in [1.82, 2.24) is 9.88 Å². The van der Waals surface area contributed by atoms with Crippen molar-refractivity contribution in [1.29, 1.82) is 5.41 Å². The fourth-order valence-corrected chi connectivity index (χ4v) is 2.79. The Morgan fingerprint density at radius 3 is 2.35 bits per heavy atom. The van der Waals surface area contributed by atoms with Crippen LogP contribution in [0.3, 0.4) is 0 Å². The van der Waals surface area contributed by atoms with Crippen molar-refractivity contribution >= 4 is 17.2 Å². The molecule has 0 spiro atoms. The maximum absolute atomic E-state index is 7.59. The Morgan fingerprint density at radius 2 is 2.00 bits per heavy atom. The molecule has 0 saturated carbocycles. The first-order valence-electron chi connectivity index (χ1n) is 6.05. The van der Waals surface area contributed by atoms with Gasteiger partial charge in [-0.25, -0.2) is 4.98 Å². The van der Waals surface area contributed by atoms with Crippen LogP contribution in [0.4, 0.5) is 0 Å². The number of amidine groups is 1. The highest BCUT2D eigenvalue weighted by Gasteiger charge is 2.17. The van der Waals surface area contributed by atoms with Crippen LogP contribution in [-0.2, 0) is 6.54 Å². The maximum Gasteiger partial charge on any atom is 0.135 e. The molecule has 1 aromatic heterocycles. The summed E-state index contributed by atoms with van der Waals surface area (Å²) in [5, 5.41) is 8.65. The van der Waals surface area contributed by atoms with Crippen molar-refractivity contribution in [2.45, 2.75) is 40.2 Å². The molecule has 0 saturated heterocycles. The van der Waals surface area contributed by atoms with Crippen LogP contribution in [0.5, 0.6) is 0 Å². The molecule has 3 N–H and O–H groups in total. The van der Waals surface area contributed by atoms with Crippen LogP contribution in [0, 0.1) is 5.41 Å². The van der Waals surface area contributed by atoms with Gasteiger partial charge in [0.25, 0.3) is 0 Å². The maximum atomic E-state index is 7.59. The fraction of sp³-hybridized carbons (Fsp3) is 0.667. The van der Waals surface area contributed by atoms with E-state index in [1.807, 2.05) is 0 Å². The van der Waals surface area contributed by atoms with Crippen LogP contribution < -0.4 is 5.73 Å². The highest BCUT2D eigenvalue weighted by Crippen LogP contribution is 2.25. The Bertz CT molecular complexity index is 380. The predicted octanol–water partition coefficient (Wildman–Crippen LogP) is 2.39. The van der Waals surface area contributed by atoms with Gasteiger partial charge >= 0.3 is 0 Å². The van der Waals surface area contributed by atoms with E-state index >= 15 is 0 Å². The van der Waals surface area contributed by atoms with Gasteiger partial charge in [0.2, 0.25) is 0 Å². The molecule has 1 heterocycles. The molecule has 0 amide bonds. The molecular weight excluding hydrogens is 232 g/mol. The van der Waals surface area contributed by atoms with Crippen molar-refractivity contribution in [3.05, 3.63) is 15.6 Å². The van der Waals surface area contributed by atoms with E-state index in [0.717, 1.165) is 35.2 Å². The second-order valence-electron chi connectivity index (χ2n) is 4.35. The molecule has 4 nitrogen and oxygen atoms in total. The summed E-state index contributed by atoms with van der Waals surface area (Å²) in [7, 11) is 0. The molecule has 0 unspecified atom stereocenters. The highest BCUT2D eigenvalue weighted by atomic mass is 32.1. The molecule has 0 atom stereocenters. The van der Waals surface area contributed by atoms with Crippen LogP contribution in [-0.4, -0.2) is 28.8 Å². The van der Waals surface area contributed by atoms with E-state index in [0.29, 0.717) is 5.92 Å². The zero-order valence-electron chi connectivity index (χ0n) is 11.1. The van der Waals surface area contributed by atoms with Crippen LogP contribution in [0.25, 0.3) is 0 Å². The third-order valence-corrected chi connectivity index (χ3v) is 3.83. The standard InChI is InChI=1S/C12H22N4S/c1-5-16(6-2)7-9-15-10(8(3)4)11(17-9)12(13)14/h8H,5-7H2,1-4H3,(H3,13,14). The normalized spacial score (nSPS) is 11.4. The molecule has 0 bridgehead atoms. The Hall–Kier alpha value is -0.940.